The van der Waals surface area contributed by atoms with E-state index in [1.165, 1.54) is 5.56 Å². The number of anilines is 2. The van der Waals surface area contributed by atoms with E-state index in [4.69, 9.17) is 21.1 Å². The van der Waals surface area contributed by atoms with Crippen molar-refractivity contribution in [2.75, 3.05) is 52.3 Å². The molecule has 0 unspecified atom stereocenters. The molecule has 9 nitrogen and oxygen atoms in total. The van der Waals surface area contributed by atoms with Gasteiger partial charge in [-0.3, -0.25) is 9.69 Å². The molecule has 2 N–H and O–H groups in total. The van der Waals surface area contributed by atoms with Crippen molar-refractivity contribution in [1.82, 2.24) is 25.1 Å². The van der Waals surface area contributed by atoms with Crippen molar-refractivity contribution < 1.29 is 14.3 Å². The molecule has 1 aromatic heterocycles. The zero-order valence-corrected chi connectivity index (χ0v) is 24.6. The Balaban J connectivity index is 1.36. The van der Waals surface area contributed by atoms with Gasteiger partial charge in [0.05, 0.1) is 19.4 Å². The van der Waals surface area contributed by atoms with E-state index in [1.807, 2.05) is 30.3 Å². The Morgan fingerprint density at radius 2 is 1.93 bits per heavy atom. The van der Waals surface area contributed by atoms with E-state index < -0.39 is 0 Å². The highest BCUT2D eigenvalue weighted by molar-refractivity contribution is 6.31. The molecule has 8 bridgehead atoms. The summed E-state index contributed by atoms with van der Waals surface area (Å²) in [5.74, 6) is 2.03. The van der Waals surface area contributed by atoms with Gasteiger partial charge in [0.25, 0.3) is 0 Å². The van der Waals surface area contributed by atoms with Gasteiger partial charge in [-0.15, -0.1) is 0 Å². The van der Waals surface area contributed by atoms with Gasteiger partial charge >= 0.3 is 0 Å². The number of hydrogen-bond donors (Lipinski definition) is 2. The number of benzene rings is 2. The normalized spacial score (nSPS) is 21.0. The molecule has 0 atom stereocenters. The maximum absolute atomic E-state index is 12.4. The zero-order valence-electron chi connectivity index (χ0n) is 23.9. The number of rotatable bonds is 1. The fourth-order valence-electron chi connectivity index (χ4n) is 5.47. The van der Waals surface area contributed by atoms with Gasteiger partial charge in [-0.05, 0) is 68.7 Å². The van der Waals surface area contributed by atoms with E-state index in [0.29, 0.717) is 55.8 Å². The third kappa shape index (κ3) is 8.09. The van der Waals surface area contributed by atoms with Gasteiger partial charge in [0, 0.05) is 61.4 Å². The second-order valence-corrected chi connectivity index (χ2v) is 11.2. The number of amides is 1. The molecule has 10 heteroatoms. The van der Waals surface area contributed by atoms with Crippen molar-refractivity contribution in [2.24, 2.45) is 0 Å². The minimum atomic E-state index is 0.0845. The van der Waals surface area contributed by atoms with Crippen LogP contribution in [-0.2, 0) is 17.8 Å². The quantitative estimate of drug-likeness (QED) is 0.431. The summed E-state index contributed by atoms with van der Waals surface area (Å²) < 4.78 is 11.5. The number of hydrogen-bond acceptors (Lipinski definition) is 8. The number of nitrogens with one attached hydrogen (secondary N) is 2. The Kier molecular flexibility index (Phi) is 9.92. The van der Waals surface area contributed by atoms with Crippen LogP contribution < -0.4 is 20.1 Å². The molecule has 0 saturated carbocycles. The highest BCUT2D eigenvalue weighted by Crippen LogP contribution is 2.32. The fraction of sp³-hybridized carbons (Fsp3) is 0.452. The Morgan fingerprint density at radius 1 is 1.07 bits per heavy atom. The first kappa shape index (κ1) is 29.1. The third-order valence-electron chi connectivity index (χ3n) is 7.81. The molecule has 0 radical (unpaired) electrons. The Labute approximate surface area is 247 Å². The number of piperidine rings is 1. The van der Waals surface area contributed by atoms with Crippen LogP contribution in [0.5, 0.6) is 11.5 Å². The number of nitrogens with zero attached hydrogens (tertiary/aromatic N) is 4. The van der Waals surface area contributed by atoms with E-state index in [0.717, 1.165) is 61.0 Å². The average Bonchev–Trinajstić information content (AvgIpc) is 2.98. The van der Waals surface area contributed by atoms with Gasteiger partial charge in [0.15, 0.2) is 11.5 Å². The number of aromatic nitrogens is 2. The maximum Gasteiger partial charge on any atom is 0.221 e. The molecule has 4 heterocycles. The van der Waals surface area contributed by atoms with Crippen molar-refractivity contribution in [1.29, 1.82) is 0 Å². The minimum Gasteiger partial charge on any atom is -0.493 e. The number of halogens is 1. The van der Waals surface area contributed by atoms with E-state index in [2.05, 4.69) is 49.6 Å². The van der Waals surface area contributed by atoms with Crippen LogP contribution in [0.1, 0.15) is 42.5 Å². The van der Waals surface area contributed by atoms with Crippen molar-refractivity contribution in [2.45, 2.75) is 44.7 Å². The topological polar surface area (TPSA) is 91.9 Å². The molecule has 1 saturated heterocycles. The average molecular weight is 579 g/mol. The van der Waals surface area contributed by atoms with Gasteiger partial charge in [0.2, 0.25) is 5.91 Å². The summed E-state index contributed by atoms with van der Waals surface area (Å²) in [4.78, 5) is 26.2. The molecule has 3 aliphatic rings. The van der Waals surface area contributed by atoms with Crippen LogP contribution in [-0.4, -0.2) is 78.7 Å². The molecule has 218 valence electrons. The number of carbonyl (C=O) groups excluding carboxylic acids is 1. The Morgan fingerprint density at radius 3 is 2.76 bits per heavy atom. The lowest BCUT2D eigenvalue weighted by Gasteiger charge is -2.36. The first-order chi connectivity index (χ1) is 20.0. The van der Waals surface area contributed by atoms with Crippen LogP contribution >= 0.6 is 11.6 Å². The molecular weight excluding hydrogens is 540 g/mol. The van der Waals surface area contributed by atoms with Crippen LogP contribution in [0, 0.1) is 0 Å². The van der Waals surface area contributed by atoms with Gasteiger partial charge in [0.1, 0.15) is 12.1 Å². The van der Waals surface area contributed by atoms with E-state index in [1.54, 1.807) is 13.4 Å². The van der Waals surface area contributed by atoms with Crippen LogP contribution in [0.15, 0.2) is 48.8 Å². The monoisotopic (exact) mass is 578 g/mol. The van der Waals surface area contributed by atoms with Crippen LogP contribution in [0.4, 0.5) is 11.5 Å². The summed E-state index contributed by atoms with van der Waals surface area (Å²) in [6.45, 7) is 4.69. The lowest BCUT2D eigenvalue weighted by Crippen LogP contribution is -2.44. The Bertz CT molecular complexity index is 1330. The summed E-state index contributed by atoms with van der Waals surface area (Å²) in [6.07, 6.45) is 5.57. The first-order valence-corrected chi connectivity index (χ1v) is 14.7. The van der Waals surface area contributed by atoms with E-state index in [-0.39, 0.29) is 5.91 Å². The summed E-state index contributed by atoms with van der Waals surface area (Å²) in [7, 11) is 3.82. The van der Waals surface area contributed by atoms with E-state index in [9.17, 15) is 4.79 Å². The summed E-state index contributed by atoms with van der Waals surface area (Å²) in [5, 5.41) is 7.11. The predicted molar refractivity (Wildman–Crippen MR) is 161 cm³/mol. The van der Waals surface area contributed by atoms with Crippen LogP contribution in [0.25, 0.3) is 0 Å². The molecule has 2 aromatic carbocycles. The van der Waals surface area contributed by atoms with Crippen molar-refractivity contribution in [3.05, 3.63) is 70.6 Å². The lowest BCUT2D eigenvalue weighted by molar-refractivity contribution is -0.121. The van der Waals surface area contributed by atoms with Crippen LogP contribution in [0.3, 0.4) is 0 Å². The molecule has 6 rings (SSSR count). The number of ether oxygens (including phenoxy) is 2. The van der Waals surface area contributed by atoms with Crippen molar-refractivity contribution in [3.8, 4) is 11.5 Å². The van der Waals surface area contributed by atoms with Gasteiger partial charge in [-0.25, -0.2) is 9.97 Å². The fourth-order valence-corrected chi connectivity index (χ4v) is 5.65. The first-order valence-electron chi connectivity index (χ1n) is 14.3. The second-order valence-electron chi connectivity index (χ2n) is 10.8. The Hall–Kier alpha value is -3.40. The standard InChI is InChI=1S/C31H39ClN6O3/c1-37-20-22-4-6-27(32)23(16-22)17-25-19-30(35-21-34-25)36-24-5-7-28(40-2)29(18-24)41-15-3-11-33-31(39)10-14-38-12-8-26(37)9-13-38/h4-7,16,18-19,21,26H,3,8-15,17,20H2,1-2H3,(H,33,39)(H,34,35,36). The summed E-state index contributed by atoms with van der Waals surface area (Å²) >= 11 is 6.63. The molecule has 1 fully saturated rings. The summed E-state index contributed by atoms with van der Waals surface area (Å²) in [6, 6.07) is 14.4. The molecule has 41 heavy (non-hydrogen) atoms. The largest absolute Gasteiger partial charge is 0.493 e. The molecule has 0 aliphatic carbocycles. The smallest absolute Gasteiger partial charge is 0.221 e. The molecule has 1 amide bonds. The van der Waals surface area contributed by atoms with Crippen molar-refractivity contribution >= 4 is 29.0 Å². The predicted octanol–water partition coefficient (Wildman–Crippen LogP) is 4.66. The molecule has 0 spiro atoms. The SMILES string of the molecule is COc1ccc2cc1OCCCNC(=O)CCN1CCC(CC1)N(C)Cc1ccc(Cl)c(c1)Cc1cc(ncn1)N2. The van der Waals surface area contributed by atoms with E-state index >= 15 is 0 Å². The second kappa shape index (κ2) is 14.0. The number of fused-ring (bicyclic) bond motifs is 10. The van der Waals surface area contributed by atoms with Gasteiger partial charge in [-0.1, -0.05) is 23.7 Å². The highest BCUT2D eigenvalue weighted by atomic mass is 35.5. The minimum absolute atomic E-state index is 0.0845. The molecule has 3 aliphatic heterocycles. The third-order valence-corrected chi connectivity index (χ3v) is 8.18. The van der Waals surface area contributed by atoms with Crippen LogP contribution in [0.2, 0.25) is 5.02 Å². The maximum atomic E-state index is 12.4. The number of methoxy groups -OCH3 is 1. The highest BCUT2D eigenvalue weighted by Gasteiger charge is 2.23. The summed E-state index contributed by atoms with van der Waals surface area (Å²) in [5.41, 5.74) is 3.97. The lowest BCUT2D eigenvalue weighted by atomic mass is 10.0. The van der Waals surface area contributed by atoms with Gasteiger partial charge < -0.3 is 25.0 Å². The van der Waals surface area contributed by atoms with Gasteiger partial charge in [-0.2, -0.15) is 0 Å². The number of carbonyl (C=O) groups is 1. The van der Waals surface area contributed by atoms with Crippen molar-refractivity contribution in [3.63, 3.8) is 0 Å². The molecule has 3 aromatic rings. The molecular formula is C31H39ClN6O3. The zero-order chi connectivity index (χ0) is 28.6.